The van der Waals surface area contributed by atoms with E-state index in [4.69, 9.17) is 4.74 Å². The van der Waals surface area contributed by atoms with Crippen LogP contribution >= 0.6 is 0 Å². The first kappa shape index (κ1) is 16.1. The van der Waals surface area contributed by atoms with Gasteiger partial charge in [0.05, 0.1) is 10.9 Å². The molecule has 124 valence electrons. The average Bonchev–Trinajstić information content (AvgIpc) is 2.92. The summed E-state index contributed by atoms with van der Waals surface area (Å²) in [7, 11) is -1.97. The third-order valence-electron chi connectivity index (χ3n) is 4.16. The van der Waals surface area contributed by atoms with Crippen LogP contribution in [0.1, 0.15) is 30.2 Å². The second-order valence-corrected chi connectivity index (χ2v) is 7.48. The van der Waals surface area contributed by atoms with Crippen LogP contribution in [0.15, 0.2) is 29.2 Å². The number of hydrogen-bond donors (Lipinski definition) is 0. The molecule has 0 amide bonds. The predicted molar refractivity (Wildman–Crippen MR) is 84.2 cm³/mol. The third-order valence-corrected chi connectivity index (χ3v) is 6.29. The van der Waals surface area contributed by atoms with E-state index in [9.17, 15) is 8.42 Å². The van der Waals surface area contributed by atoms with Gasteiger partial charge in [0.1, 0.15) is 6.61 Å². The maximum atomic E-state index is 13.0. The zero-order valence-electron chi connectivity index (χ0n) is 13.4. The van der Waals surface area contributed by atoms with E-state index in [0.29, 0.717) is 30.4 Å². The van der Waals surface area contributed by atoms with Crippen LogP contribution in [0.3, 0.4) is 0 Å². The molecule has 23 heavy (non-hydrogen) atoms. The van der Waals surface area contributed by atoms with Crippen LogP contribution in [0.5, 0.6) is 0 Å². The summed E-state index contributed by atoms with van der Waals surface area (Å²) in [5.74, 6) is 1.38. The molecule has 7 nitrogen and oxygen atoms in total. The molecule has 0 spiro atoms. The first-order valence-electron chi connectivity index (χ1n) is 7.45. The smallest absolute Gasteiger partial charge is 0.244 e. The summed E-state index contributed by atoms with van der Waals surface area (Å²) in [6, 6.07) is 6.66. The molecule has 0 fully saturated rings. The Bertz CT molecular complexity index is 816. The number of aromatic nitrogens is 3. The second kappa shape index (κ2) is 6.03. The first-order chi connectivity index (χ1) is 11.0. The maximum absolute atomic E-state index is 13.0. The van der Waals surface area contributed by atoms with Crippen LogP contribution in [0.25, 0.3) is 0 Å². The van der Waals surface area contributed by atoms with Crippen LogP contribution in [-0.2, 0) is 27.9 Å². The fraction of sp³-hybridized carbons (Fsp3) is 0.467. The Balaban J connectivity index is 1.98. The van der Waals surface area contributed by atoms with Gasteiger partial charge in [0.25, 0.3) is 0 Å². The Hall–Kier alpha value is -1.77. The lowest BCUT2D eigenvalue weighted by atomic mass is 10.2. The van der Waals surface area contributed by atoms with Crippen molar-refractivity contribution < 1.29 is 13.2 Å². The molecule has 1 aliphatic heterocycles. The fourth-order valence-corrected chi connectivity index (χ4v) is 4.77. The Morgan fingerprint density at radius 1 is 1.26 bits per heavy atom. The molecule has 0 saturated heterocycles. The Labute approximate surface area is 135 Å². The maximum Gasteiger partial charge on any atom is 0.244 e. The van der Waals surface area contributed by atoms with Crippen LogP contribution in [0.4, 0.5) is 0 Å². The van der Waals surface area contributed by atoms with Gasteiger partial charge in [-0.3, -0.25) is 0 Å². The molecule has 1 aliphatic rings. The first-order valence-corrected chi connectivity index (χ1v) is 8.89. The van der Waals surface area contributed by atoms with Crippen molar-refractivity contribution in [3.8, 4) is 0 Å². The van der Waals surface area contributed by atoms with Gasteiger partial charge in [-0.15, -0.1) is 10.2 Å². The van der Waals surface area contributed by atoms with Crippen LogP contribution in [0, 0.1) is 6.92 Å². The van der Waals surface area contributed by atoms with E-state index in [2.05, 4.69) is 10.2 Å². The molecule has 1 aromatic heterocycles. The van der Waals surface area contributed by atoms with E-state index in [1.165, 1.54) is 4.31 Å². The highest BCUT2D eigenvalue weighted by Gasteiger charge is 2.36. The number of ether oxygens (including phenoxy) is 1. The lowest BCUT2D eigenvalue weighted by Crippen LogP contribution is -2.41. The molecule has 1 aromatic carbocycles. The zero-order chi connectivity index (χ0) is 16.6. The van der Waals surface area contributed by atoms with Crippen LogP contribution < -0.4 is 0 Å². The molecule has 8 heteroatoms. The summed E-state index contributed by atoms with van der Waals surface area (Å²) in [6.07, 6.45) is 0. The molecule has 0 radical (unpaired) electrons. The Morgan fingerprint density at radius 3 is 2.70 bits per heavy atom. The number of aryl methyl sites for hydroxylation is 1. The summed E-state index contributed by atoms with van der Waals surface area (Å²) in [5.41, 5.74) is 0.742. The number of nitrogens with zero attached hydrogens (tertiary/aromatic N) is 4. The van der Waals surface area contributed by atoms with Gasteiger partial charge in [0, 0.05) is 20.2 Å². The van der Waals surface area contributed by atoms with Gasteiger partial charge in [-0.2, -0.15) is 4.31 Å². The van der Waals surface area contributed by atoms with Gasteiger partial charge < -0.3 is 9.30 Å². The summed E-state index contributed by atoms with van der Waals surface area (Å²) >= 11 is 0. The summed E-state index contributed by atoms with van der Waals surface area (Å²) in [5, 5.41) is 8.27. The molecule has 0 aliphatic carbocycles. The zero-order valence-corrected chi connectivity index (χ0v) is 14.2. The standard InChI is InChI=1S/C15H20N4O3S/c1-11-6-4-5-7-13(11)23(20,21)19-9-8-18-14(10-22-3)16-17-15(18)12(19)2/h4-7,12H,8-10H2,1-3H3/t12-/m1/s1. The van der Waals surface area contributed by atoms with Gasteiger partial charge in [-0.1, -0.05) is 18.2 Å². The van der Waals surface area contributed by atoms with Crippen LogP contribution in [0.2, 0.25) is 0 Å². The van der Waals surface area contributed by atoms with E-state index >= 15 is 0 Å². The monoisotopic (exact) mass is 336 g/mol. The number of sulfonamides is 1. The lowest BCUT2D eigenvalue weighted by molar-refractivity contribution is 0.170. The number of rotatable bonds is 4. The Kier molecular flexibility index (Phi) is 4.22. The highest BCUT2D eigenvalue weighted by molar-refractivity contribution is 7.89. The molecule has 0 unspecified atom stereocenters. The quantitative estimate of drug-likeness (QED) is 0.845. The van der Waals surface area contributed by atoms with Crippen LogP contribution in [-0.4, -0.2) is 41.1 Å². The topological polar surface area (TPSA) is 77.3 Å². The molecule has 2 aromatic rings. The lowest BCUT2D eigenvalue weighted by Gasteiger charge is -2.33. The van der Waals surface area contributed by atoms with Gasteiger partial charge in [-0.05, 0) is 25.5 Å². The van der Waals surface area contributed by atoms with E-state index < -0.39 is 10.0 Å². The highest BCUT2D eigenvalue weighted by Crippen LogP contribution is 2.31. The van der Waals surface area contributed by atoms with Crippen molar-refractivity contribution in [2.24, 2.45) is 0 Å². The van der Waals surface area contributed by atoms with Gasteiger partial charge in [0.15, 0.2) is 11.6 Å². The molecular weight excluding hydrogens is 316 g/mol. The molecule has 0 N–H and O–H groups in total. The minimum atomic E-state index is -3.57. The SMILES string of the molecule is COCc1nnc2n1CCN(S(=O)(=O)c1ccccc1C)[C@@H]2C. The van der Waals surface area contributed by atoms with E-state index in [0.717, 1.165) is 11.4 Å². The van der Waals surface area contributed by atoms with Crippen molar-refractivity contribution in [2.75, 3.05) is 13.7 Å². The largest absolute Gasteiger partial charge is 0.377 e. The molecule has 0 saturated carbocycles. The number of benzene rings is 1. The number of fused-ring (bicyclic) bond motifs is 1. The minimum Gasteiger partial charge on any atom is -0.377 e. The van der Waals surface area contributed by atoms with Crippen molar-refractivity contribution in [1.29, 1.82) is 0 Å². The van der Waals surface area contributed by atoms with Crippen molar-refractivity contribution in [1.82, 2.24) is 19.1 Å². The molecule has 3 rings (SSSR count). The van der Waals surface area contributed by atoms with Gasteiger partial charge in [0.2, 0.25) is 10.0 Å². The van der Waals surface area contributed by atoms with Gasteiger partial charge in [-0.25, -0.2) is 8.42 Å². The van der Waals surface area contributed by atoms with Crippen molar-refractivity contribution in [3.05, 3.63) is 41.5 Å². The fourth-order valence-electron chi connectivity index (χ4n) is 2.96. The minimum absolute atomic E-state index is 0.344. The normalized spacial score (nSPS) is 18.8. The van der Waals surface area contributed by atoms with E-state index in [1.54, 1.807) is 32.2 Å². The molecule has 0 bridgehead atoms. The summed E-state index contributed by atoms with van der Waals surface area (Å²) < 4.78 is 34.6. The Morgan fingerprint density at radius 2 is 2.00 bits per heavy atom. The number of methoxy groups -OCH3 is 1. The predicted octanol–water partition coefficient (Wildman–Crippen LogP) is 1.50. The third kappa shape index (κ3) is 2.66. The van der Waals surface area contributed by atoms with Crippen molar-refractivity contribution >= 4 is 10.0 Å². The van der Waals surface area contributed by atoms with Crippen molar-refractivity contribution in [3.63, 3.8) is 0 Å². The van der Waals surface area contributed by atoms with Gasteiger partial charge >= 0.3 is 0 Å². The van der Waals surface area contributed by atoms with Crippen molar-refractivity contribution in [2.45, 2.75) is 37.9 Å². The summed E-state index contributed by atoms with van der Waals surface area (Å²) in [4.78, 5) is 0.344. The molecular formula is C15H20N4O3S. The second-order valence-electron chi connectivity index (χ2n) is 5.62. The van der Waals surface area contributed by atoms with E-state index in [-0.39, 0.29) is 6.04 Å². The summed E-state index contributed by atoms with van der Waals surface area (Å²) in [6.45, 7) is 4.92. The van der Waals surface area contributed by atoms with E-state index in [1.807, 2.05) is 17.6 Å². The highest BCUT2D eigenvalue weighted by atomic mass is 32.2. The number of hydrogen-bond acceptors (Lipinski definition) is 5. The average molecular weight is 336 g/mol. The molecule has 2 heterocycles. The molecule has 1 atom stereocenters.